The van der Waals surface area contributed by atoms with E-state index in [1.54, 1.807) is 20.2 Å². The van der Waals surface area contributed by atoms with Gasteiger partial charge in [0.1, 0.15) is 22.8 Å². The van der Waals surface area contributed by atoms with Crippen molar-refractivity contribution >= 4 is 28.9 Å². The van der Waals surface area contributed by atoms with Crippen molar-refractivity contribution in [1.29, 1.82) is 0 Å². The first-order valence-electron chi connectivity index (χ1n) is 13.2. The fourth-order valence-electron chi connectivity index (χ4n) is 6.46. The number of rotatable bonds is 8. The van der Waals surface area contributed by atoms with E-state index in [1.165, 1.54) is 4.90 Å². The lowest BCUT2D eigenvalue weighted by Crippen LogP contribution is -2.65. The number of hydrogen-bond acceptors (Lipinski definition) is 11. The lowest BCUT2D eigenvalue weighted by atomic mass is 9.57. The Morgan fingerprint density at radius 1 is 1.20 bits per heavy atom. The lowest BCUT2D eigenvalue weighted by molar-refractivity contribution is -0.153. The fourth-order valence-corrected chi connectivity index (χ4v) is 6.46. The third-order valence-corrected chi connectivity index (χ3v) is 8.46. The van der Waals surface area contributed by atoms with Gasteiger partial charge in [-0.2, -0.15) is 0 Å². The molecule has 8 N–H and O–H groups in total. The van der Waals surface area contributed by atoms with Gasteiger partial charge in [-0.05, 0) is 57.8 Å². The molecule has 218 valence electrons. The molecule has 0 spiro atoms. The largest absolute Gasteiger partial charge is 0.508 e. The molecule has 0 radical (unpaired) electrons. The van der Waals surface area contributed by atoms with Crippen LogP contribution in [0.5, 0.6) is 5.75 Å². The molecule has 1 aromatic rings. The molecule has 0 bridgehead atoms. The van der Waals surface area contributed by atoms with E-state index in [0.717, 1.165) is 0 Å². The van der Waals surface area contributed by atoms with Crippen molar-refractivity contribution in [3.05, 3.63) is 39.7 Å². The van der Waals surface area contributed by atoms with Crippen LogP contribution in [0.3, 0.4) is 0 Å². The van der Waals surface area contributed by atoms with Gasteiger partial charge in [0.2, 0.25) is 5.78 Å². The lowest BCUT2D eigenvalue weighted by Gasteiger charge is -2.50. The Labute approximate surface area is 232 Å². The maximum atomic E-state index is 14.0. The van der Waals surface area contributed by atoms with Crippen molar-refractivity contribution in [2.24, 2.45) is 17.6 Å². The number of likely N-dealkylation sites (N-methyl/N-ethyl adjacent to an activating group) is 1. The number of aromatic hydroxyl groups is 1. The zero-order valence-electron chi connectivity index (χ0n) is 23.4. The van der Waals surface area contributed by atoms with E-state index in [2.05, 4.69) is 5.32 Å². The second kappa shape index (κ2) is 10.5. The maximum absolute atomic E-state index is 14.0. The van der Waals surface area contributed by atoms with Crippen LogP contribution in [-0.4, -0.2) is 100 Å². The molecule has 0 heterocycles. The van der Waals surface area contributed by atoms with E-state index in [-0.39, 0.29) is 48.9 Å². The number of phenolic OH excluding ortho intramolecular Hbond substituents is 1. The predicted molar refractivity (Wildman–Crippen MR) is 147 cm³/mol. The second-order valence-electron chi connectivity index (χ2n) is 11.4. The van der Waals surface area contributed by atoms with Gasteiger partial charge in [0.15, 0.2) is 11.4 Å². The fraction of sp³-hybridized carbons (Fsp3) is 0.536. The standard InChI is InChI=1S/C28H38N4O8/c1-12(6-7-33)30-11-14-10-17(31(2)3)15-8-13-9-16-21(32(4)5)24(36)20(27(29)39)26(38)28(16,40)25(37)18(13)23(35)19(15)22(14)34/h10,12-13,16,21,30,33-35,38,40H,6-9,11H2,1-5H3,(H2,29,39). The molecule has 1 fully saturated rings. The molecule has 3 aliphatic rings. The predicted octanol–water partition coefficient (Wildman–Crippen LogP) is -0.109. The molecular formula is C28H38N4O8. The van der Waals surface area contributed by atoms with Crippen LogP contribution in [0.4, 0.5) is 5.69 Å². The van der Waals surface area contributed by atoms with Gasteiger partial charge >= 0.3 is 0 Å². The summed E-state index contributed by atoms with van der Waals surface area (Å²) in [4.78, 5) is 42.7. The number of benzene rings is 1. The first-order valence-corrected chi connectivity index (χ1v) is 13.2. The van der Waals surface area contributed by atoms with Crippen molar-refractivity contribution in [3.8, 4) is 5.75 Å². The van der Waals surface area contributed by atoms with Crippen LogP contribution >= 0.6 is 0 Å². The normalized spacial score (nSPS) is 26.9. The van der Waals surface area contributed by atoms with Crippen LogP contribution in [0.2, 0.25) is 0 Å². The third-order valence-electron chi connectivity index (χ3n) is 8.46. The van der Waals surface area contributed by atoms with Gasteiger partial charge in [-0.15, -0.1) is 0 Å². The Morgan fingerprint density at radius 2 is 1.85 bits per heavy atom. The first kappa shape index (κ1) is 29.5. The highest BCUT2D eigenvalue weighted by Crippen LogP contribution is 2.54. The summed E-state index contributed by atoms with van der Waals surface area (Å²) in [5.74, 6) is -6.75. The molecule has 3 aliphatic carbocycles. The molecule has 12 nitrogen and oxygen atoms in total. The molecule has 4 rings (SSSR count). The average molecular weight is 559 g/mol. The van der Waals surface area contributed by atoms with Gasteiger partial charge in [0.05, 0.1) is 11.6 Å². The van der Waals surface area contributed by atoms with Crippen molar-refractivity contribution in [1.82, 2.24) is 10.2 Å². The number of carbonyl (C=O) groups excluding carboxylic acids is 3. The molecule has 1 aromatic carbocycles. The highest BCUT2D eigenvalue weighted by Gasteiger charge is 2.64. The van der Waals surface area contributed by atoms with Crippen LogP contribution in [0, 0.1) is 11.8 Å². The van der Waals surface area contributed by atoms with Gasteiger partial charge in [-0.1, -0.05) is 0 Å². The summed E-state index contributed by atoms with van der Waals surface area (Å²) in [6.45, 7) is 2.09. The number of carbonyl (C=O) groups is 3. The number of aliphatic hydroxyl groups is 4. The smallest absolute Gasteiger partial charge is 0.255 e. The Bertz CT molecular complexity index is 1330. The number of fused-ring (bicyclic) bond motifs is 3. The minimum atomic E-state index is -2.68. The number of Topliss-reactive ketones (excluding diaryl/α,β-unsaturated/α-hetero) is 2. The number of hydrogen-bond donors (Lipinski definition) is 7. The minimum Gasteiger partial charge on any atom is -0.508 e. The Hall–Kier alpha value is -3.45. The highest BCUT2D eigenvalue weighted by molar-refractivity contribution is 6.24. The zero-order valence-corrected chi connectivity index (χ0v) is 23.4. The van der Waals surface area contributed by atoms with Gasteiger partial charge in [0, 0.05) is 56.0 Å². The first-order chi connectivity index (χ1) is 18.7. The van der Waals surface area contributed by atoms with E-state index >= 15 is 0 Å². The molecule has 0 saturated heterocycles. The van der Waals surface area contributed by atoms with E-state index in [9.17, 15) is 39.9 Å². The molecule has 0 aromatic heterocycles. The van der Waals surface area contributed by atoms with Gasteiger partial charge in [0.25, 0.3) is 5.91 Å². The number of phenols is 1. The number of ketones is 2. The summed E-state index contributed by atoms with van der Waals surface area (Å²) in [6, 6.07) is 0.610. The van der Waals surface area contributed by atoms with Gasteiger partial charge in [-0.25, -0.2) is 0 Å². The van der Waals surface area contributed by atoms with Crippen molar-refractivity contribution in [2.45, 2.75) is 50.4 Å². The van der Waals surface area contributed by atoms with Crippen LogP contribution in [0.15, 0.2) is 23.0 Å². The highest BCUT2D eigenvalue weighted by atomic mass is 16.3. The number of aliphatic hydroxyl groups excluding tert-OH is 3. The van der Waals surface area contributed by atoms with E-state index in [4.69, 9.17) is 5.73 Å². The van der Waals surface area contributed by atoms with E-state index < -0.39 is 58.0 Å². The molecule has 5 unspecified atom stereocenters. The van der Waals surface area contributed by atoms with Crippen molar-refractivity contribution < 1.29 is 39.9 Å². The number of nitrogens with two attached hydrogens (primary N) is 1. The summed E-state index contributed by atoms with van der Waals surface area (Å²) >= 11 is 0. The van der Waals surface area contributed by atoms with E-state index in [0.29, 0.717) is 23.2 Å². The molecule has 12 heteroatoms. The number of nitrogens with zero attached hydrogens (tertiary/aromatic N) is 2. The Kier molecular flexibility index (Phi) is 7.76. The third kappa shape index (κ3) is 4.35. The Balaban J connectivity index is 1.91. The van der Waals surface area contributed by atoms with Crippen LogP contribution in [0.25, 0.3) is 5.76 Å². The number of amides is 1. The minimum absolute atomic E-state index is 0.00733. The van der Waals surface area contributed by atoms with Gasteiger partial charge < -0.3 is 41.5 Å². The summed E-state index contributed by atoms with van der Waals surface area (Å²) < 4.78 is 0. The Morgan fingerprint density at radius 3 is 2.40 bits per heavy atom. The number of primary amides is 1. The quantitative estimate of drug-likeness (QED) is 0.210. The molecular weight excluding hydrogens is 520 g/mol. The van der Waals surface area contributed by atoms with Crippen LogP contribution < -0.4 is 16.0 Å². The number of nitrogens with one attached hydrogen (secondary N) is 1. The van der Waals surface area contributed by atoms with E-state index in [1.807, 2.05) is 25.9 Å². The molecule has 5 atom stereocenters. The average Bonchev–Trinajstić information content (AvgIpc) is 2.85. The topological polar surface area (TPSA) is 197 Å². The summed E-state index contributed by atoms with van der Waals surface area (Å²) in [6.07, 6.45) is 0.740. The molecule has 0 aliphatic heterocycles. The van der Waals surface area contributed by atoms with Crippen LogP contribution in [-0.2, 0) is 27.3 Å². The zero-order chi connectivity index (χ0) is 29.8. The second-order valence-corrected chi connectivity index (χ2v) is 11.4. The summed E-state index contributed by atoms with van der Waals surface area (Å²) in [7, 11) is 6.75. The number of anilines is 1. The van der Waals surface area contributed by atoms with Gasteiger partial charge in [-0.3, -0.25) is 19.3 Å². The molecule has 1 saturated carbocycles. The molecule has 1 amide bonds. The van der Waals surface area contributed by atoms with Crippen LogP contribution in [0.1, 0.15) is 36.5 Å². The van der Waals surface area contributed by atoms with Crippen molar-refractivity contribution in [2.75, 3.05) is 39.7 Å². The van der Waals surface area contributed by atoms with Crippen molar-refractivity contribution in [3.63, 3.8) is 0 Å². The summed E-state index contributed by atoms with van der Waals surface area (Å²) in [5, 5.41) is 58.0. The summed E-state index contributed by atoms with van der Waals surface area (Å²) in [5.41, 5.74) is 3.47. The monoisotopic (exact) mass is 558 g/mol. The maximum Gasteiger partial charge on any atom is 0.255 e. The SMILES string of the molecule is CC(CCO)NCc1cc(N(C)C)c2c(c1O)C(O)=C1C(=O)C3(O)C(O)=C(C(N)=O)C(=O)C(N(C)C)C3CC1C2. The molecule has 40 heavy (non-hydrogen) atoms.